The molecule has 156 valence electrons. The first-order valence-electron chi connectivity index (χ1n) is 10.8. The average molecular weight is 421 g/mol. The summed E-state index contributed by atoms with van der Waals surface area (Å²) in [5.74, 6) is -0.146. The van der Waals surface area contributed by atoms with E-state index in [4.69, 9.17) is 6.57 Å². The molecule has 0 unspecified atom stereocenters. The first kappa shape index (κ1) is 19.0. The number of pyridine rings is 2. The van der Waals surface area contributed by atoms with Gasteiger partial charge in [0.2, 0.25) is 5.52 Å². The highest BCUT2D eigenvalue weighted by molar-refractivity contribution is 6.26. The van der Waals surface area contributed by atoms with Crippen molar-refractivity contribution in [1.29, 1.82) is 0 Å². The number of para-hydroxylation sites is 1. The summed E-state index contributed by atoms with van der Waals surface area (Å²) in [4.78, 5) is 3.89. The molecule has 0 spiro atoms. The number of benzene rings is 3. The van der Waals surface area contributed by atoms with Crippen LogP contribution in [-0.2, 0) is 12.6 Å². The molecule has 4 heteroatoms. The smallest absolute Gasteiger partial charge is 0.252 e. The Morgan fingerprint density at radius 1 is 0.969 bits per heavy atom. The van der Waals surface area contributed by atoms with Gasteiger partial charge in [-0.1, -0.05) is 18.2 Å². The van der Waals surface area contributed by atoms with Crippen molar-refractivity contribution < 1.29 is 8.96 Å². The van der Waals surface area contributed by atoms with Crippen molar-refractivity contribution in [3.05, 3.63) is 82.6 Å². The molecule has 0 aliphatic heterocycles. The van der Waals surface area contributed by atoms with E-state index in [9.17, 15) is 0 Å². The van der Waals surface area contributed by atoms with E-state index in [1.165, 1.54) is 0 Å². The third kappa shape index (κ3) is 2.11. The third-order valence-electron chi connectivity index (χ3n) is 7.28. The SMILES string of the molecule is [C-]#[N+]C(C)(C)c1cc2cc[n+](C)c3c4c(C)c(C)c(F)c5c6ccccc6n(c(c1)c23)c54. The molecule has 0 saturated carbocycles. The van der Waals surface area contributed by atoms with Crippen LogP contribution in [0, 0.1) is 26.2 Å². The molecule has 3 nitrogen and oxygen atoms in total. The van der Waals surface area contributed by atoms with Crippen LogP contribution in [0.4, 0.5) is 4.39 Å². The van der Waals surface area contributed by atoms with Crippen LogP contribution in [0.5, 0.6) is 0 Å². The Balaban J connectivity index is 2.08. The van der Waals surface area contributed by atoms with E-state index in [1.54, 1.807) is 0 Å². The molecule has 0 atom stereocenters. The molecule has 6 aromatic rings. The minimum absolute atomic E-state index is 0.146. The highest BCUT2D eigenvalue weighted by Gasteiger charge is 2.31. The summed E-state index contributed by atoms with van der Waals surface area (Å²) in [5.41, 5.74) is 6.00. The second-order valence-electron chi connectivity index (χ2n) is 9.42. The second-order valence-corrected chi connectivity index (χ2v) is 9.42. The Morgan fingerprint density at radius 3 is 2.47 bits per heavy atom. The lowest BCUT2D eigenvalue weighted by Crippen LogP contribution is -2.29. The van der Waals surface area contributed by atoms with Crippen LogP contribution in [0.1, 0.15) is 30.5 Å². The lowest BCUT2D eigenvalue weighted by Gasteiger charge is -2.18. The first-order valence-corrected chi connectivity index (χ1v) is 10.8. The molecule has 0 radical (unpaired) electrons. The number of rotatable bonds is 1. The minimum Gasteiger partial charge on any atom is -0.307 e. The molecule has 0 N–H and O–H groups in total. The minimum atomic E-state index is -0.653. The van der Waals surface area contributed by atoms with Gasteiger partial charge in [0.15, 0.2) is 6.20 Å². The molecule has 3 aromatic carbocycles. The van der Waals surface area contributed by atoms with Crippen LogP contribution in [0.25, 0.3) is 53.8 Å². The van der Waals surface area contributed by atoms with Crippen molar-refractivity contribution >= 4 is 49.0 Å². The molecule has 0 saturated heterocycles. The standard InChI is InChI=1S/C28H23FN3/c1-15-16(2)25(29)24-19-9-7-8-10-20(19)32-21-14-18(28(3,4)30-5)13-17-11-12-31(6)26(23(17)21)22(15)27(24)32/h7-14H,1-4,6H3/q+1. The first-order chi connectivity index (χ1) is 15.3. The summed E-state index contributed by atoms with van der Waals surface area (Å²) >= 11 is 0. The van der Waals surface area contributed by atoms with Crippen LogP contribution in [0.15, 0.2) is 48.7 Å². The van der Waals surface area contributed by atoms with Gasteiger partial charge < -0.3 is 9.25 Å². The molecule has 0 amide bonds. The highest BCUT2D eigenvalue weighted by atomic mass is 19.1. The van der Waals surface area contributed by atoms with Crippen LogP contribution in [0.2, 0.25) is 0 Å². The maximum absolute atomic E-state index is 15.8. The summed E-state index contributed by atoms with van der Waals surface area (Å²) in [6.45, 7) is 15.5. The van der Waals surface area contributed by atoms with E-state index in [0.717, 1.165) is 54.7 Å². The molecule has 0 bridgehead atoms. The van der Waals surface area contributed by atoms with E-state index in [0.29, 0.717) is 10.9 Å². The van der Waals surface area contributed by atoms with E-state index in [-0.39, 0.29) is 5.82 Å². The van der Waals surface area contributed by atoms with Gasteiger partial charge in [0.1, 0.15) is 12.9 Å². The largest absolute Gasteiger partial charge is 0.307 e. The molecule has 3 aromatic heterocycles. The van der Waals surface area contributed by atoms with E-state index in [2.05, 4.69) is 51.3 Å². The summed E-state index contributed by atoms with van der Waals surface area (Å²) in [7, 11) is 2.05. The van der Waals surface area contributed by atoms with Gasteiger partial charge >= 0.3 is 0 Å². The van der Waals surface area contributed by atoms with Crippen LogP contribution < -0.4 is 4.57 Å². The van der Waals surface area contributed by atoms with Gasteiger partial charge in [0.05, 0.1) is 27.3 Å². The quantitative estimate of drug-likeness (QED) is 0.121. The molecule has 0 aliphatic carbocycles. The fourth-order valence-corrected chi connectivity index (χ4v) is 5.33. The van der Waals surface area contributed by atoms with E-state index >= 15 is 4.39 Å². The molecule has 32 heavy (non-hydrogen) atoms. The maximum Gasteiger partial charge on any atom is 0.252 e. The Morgan fingerprint density at radius 2 is 1.72 bits per heavy atom. The van der Waals surface area contributed by atoms with Crippen molar-refractivity contribution in [3.8, 4) is 0 Å². The number of nitrogens with zero attached hydrogens (tertiary/aromatic N) is 3. The van der Waals surface area contributed by atoms with E-state index < -0.39 is 5.54 Å². The number of aryl methyl sites for hydroxylation is 2. The molecular weight excluding hydrogens is 397 g/mol. The summed E-state index contributed by atoms with van der Waals surface area (Å²) in [5, 5.41) is 4.93. The average Bonchev–Trinajstić information content (AvgIpc) is 3.14. The van der Waals surface area contributed by atoms with Crippen molar-refractivity contribution in [2.24, 2.45) is 7.05 Å². The number of hydrogen-bond acceptors (Lipinski definition) is 0. The van der Waals surface area contributed by atoms with Crippen molar-refractivity contribution in [2.45, 2.75) is 33.2 Å². The Kier molecular flexibility index (Phi) is 3.54. The van der Waals surface area contributed by atoms with Gasteiger partial charge in [0, 0.05) is 36.2 Å². The fourth-order valence-electron chi connectivity index (χ4n) is 5.33. The molecule has 3 heterocycles. The van der Waals surface area contributed by atoms with E-state index in [1.807, 2.05) is 45.9 Å². The summed E-state index contributed by atoms with van der Waals surface area (Å²) in [6, 6.07) is 14.4. The fraction of sp³-hybridized carbons (Fsp3) is 0.214. The maximum atomic E-state index is 15.8. The Labute approximate surface area is 185 Å². The van der Waals surface area contributed by atoms with Crippen LogP contribution in [-0.4, -0.2) is 4.40 Å². The molecule has 0 fully saturated rings. The topological polar surface area (TPSA) is 12.7 Å². The zero-order chi connectivity index (χ0) is 22.5. The predicted molar refractivity (Wildman–Crippen MR) is 129 cm³/mol. The summed E-state index contributed by atoms with van der Waals surface area (Å²) in [6.07, 6.45) is 2.07. The number of hydrogen-bond donors (Lipinski definition) is 0. The van der Waals surface area contributed by atoms with Crippen molar-refractivity contribution in [3.63, 3.8) is 0 Å². The molecule has 0 aliphatic rings. The van der Waals surface area contributed by atoms with Crippen LogP contribution in [0.3, 0.4) is 0 Å². The van der Waals surface area contributed by atoms with Crippen molar-refractivity contribution in [1.82, 2.24) is 4.40 Å². The second kappa shape index (κ2) is 5.95. The van der Waals surface area contributed by atoms with Gasteiger partial charge in [-0.2, -0.15) is 0 Å². The zero-order valence-electron chi connectivity index (χ0n) is 18.8. The Hall–Kier alpha value is -3.71. The van der Waals surface area contributed by atoms with Gasteiger partial charge in [-0.3, -0.25) is 0 Å². The van der Waals surface area contributed by atoms with Crippen molar-refractivity contribution in [2.75, 3.05) is 0 Å². The molecule has 6 rings (SSSR count). The highest BCUT2D eigenvalue weighted by Crippen LogP contribution is 2.44. The van der Waals surface area contributed by atoms with Crippen LogP contribution >= 0.6 is 0 Å². The number of fused-ring (bicyclic) bond motifs is 5. The van der Waals surface area contributed by atoms with Gasteiger partial charge in [-0.05, 0) is 48.6 Å². The van der Waals surface area contributed by atoms with Gasteiger partial charge in [-0.15, -0.1) is 0 Å². The Bertz CT molecular complexity index is 1800. The zero-order valence-corrected chi connectivity index (χ0v) is 18.8. The summed E-state index contributed by atoms with van der Waals surface area (Å²) < 4.78 is 20.1. The lowest BCUT2D eigenvalue weighted by atomic mass is 9.90. The molecular formula is C28H23FN3+. The van der Waals surface area contributed by atoms with Gasteiger partial charge in [-0.25, -0.2) is 15.5 Å². The monoisotopic (exact) mass is 420 g/mol. The number of aromatic nitrogens is 2. The number of halogens is 1. The third-order valence-corrected chi connectivity index (χ3v) is 7.28. The van der Waals surface area contributed by atoms with Gasteiger partial charge in [0.25, 0.3) is 5.54 Å². The lowest BCUT2D eigenvalue weighted by molar-refractivity contribution is -0.643. The normalized spacial score (nSPS) is 12.7. The predicted octanol–water partition coefficient (Wildman–Crippen LogP) is 6.72.